The Hall–Kier alpha value is -1.86. The minimum absolute atomic E-state index is 0.0419. The Morgan fingerprint density at radius 2 is 1.55 bits per heavy atom. The van der Waals surface area contributed by atoms with Gasteiger partial charge in [0.25, 0.3) is 0 Å². The molecule has 0 N–H and O–H groups in total. The van der Waals surface area contributed by atoms with Crippen molar-refractivity contribution in [3.05, 3.63) is 35.9 Å². The van der Waals surface area contributed by atoms with Gasteiger partial charge in [0.2, 0.25) is 0 Å². The van der Waals surface area contributed by atoms with Gasteiger partial charge in [-0.2, -0.15) is 0 Å². The summed E-state index contributed by atoms with van der Waals surface area (Å²) in [6, 6.07) is 7.48. The number of hydrogen-bond donors (Lipinski definition) is 0. The van der Waals surface area contributed by atoms with E-state index < -0.39 is 0 Å². The highest BCUT2D eigenvalue weighted by Gasteiger charge is 2.35. The standard InChI is InChI=1S/C22H33N7/c1-2-8-18(9-3-1)27-14-16-28(17-15-27)21(20-12-6-7-13-23-20)22-24-25-26-29(22)19-10-4-5-11-19/h6-7,12-13,18-19,21H,1-5,8-11,14-17H2. The monoisotopic (exact) mass is 395 g/mol. The fraction of sp³-hybridized carbons (Fsp3) is 0.727. The van der Waals surface area contributed by atoms with E-state index in [2.05, 4.69) is 42.1 Å². The lowest BCUT2D eigenvalue weighted by molar-refractivity contribution is 0.0607. The van der Waals surface area contributed by atoms with Crippen LogP contribution >= 0.6 is 0 Å². The van der Waals surface area contributed by atoms with Crippen LogP contribution in [-0.4, -0.2) is 67.2 Å². The van der Waals surface area contributed by atoms with E-state index in [-0.39, 0.29) is 6.04 Å². The van der Waals surface area contributed by atoms with E-state index in [1.165, 1.54) is 57.8 Å². The summed E-state index contributed by atoms with van der Waals surface area (Å²) >= 11 is 0. The van der Waals surface area contributed by atoms with Crippen LogP contribution in [0.15, 0.2) is 24.4 Å². The zero-order valence-electron chi connectivity index (χ0n) is 17.4. The predicted molar refractivity (Wildman–Crippen MR) is 111 cm³/mol. The Bertz CT molecular complexity index is 756. The maximum absolute atomic E-state index is 4.72. The molecule has 0 aromatic carbocycles. The van der Waals surface area contributed by atoms with Crippen LogP contribution in [0.25, 0.3) is 0 Å². The molecule has 3 aliphatic rings. The number of piperazine rings is 1. The number of hydrogen-bond acceptors (Lipinski definition) is 6. The fourth-order valence-corrected chi connectivity index (χ4v) is 5.62. The first-order valence-electron chi connectivity index (χ1n) is 11.6. The zero-order valence-corrected chi connectivity index (χ0v) is 17.4. The molecular weight excluding hydrogens is 362 g/mol. The number of tetrazole rings is 1. The van der Waals surface area contributed by atoms with E-state index in [0.717, 1.165) is 43.7 Å². The molecule has 1 aliphatic heterocycles. The van der Waals surface area contributed by atoms with Crippen LogP contribution in [0.3, 0.4) is 0 Å². The largest absolute Gasteiger partial charge is 0.298 e. The van der Waals surface area contributed by atoms with E-state index in [0.29, 0.717) is 6.04 Å². The second-order valence-electron chi connectivity index (χ2n) is 8.94. The van der Waals surface area contributed by atoms with E-state index >= 15 is 0 Å². The van der Waals surface area contributed by atoms with Gasteiger partial charge in [-0.1, -0.05) is 38.2 Å². The average molecular weight is 396 g/mol. The highest BCUT2D eigenvalue weighted by atomic mass is 15.6. The lowest BCUT2D eigenvalue weighted by atomic mass is 9.93. The molecule has 2 aromatic heterocycles. The van der Waals surface area contributed by atoms with Crippen LogP contribution in [0, 0.1) is 0 Å². The third-order valence-electron chi connectivity index (χ3n) is 7.21. The Morgan fingerprint density at radius 1 is 0.828 bits per heavy atom. The summed E-state index contributed by atoms with van der Waals surface area (Å²) in [5, 5.41) is 13.0. The van der Waals surface area contributed by atoms with Gasteiger partial charge in [-0.15, -0.1) is 5.10 Å². The zero-order chi connectivity index (χ0) is 19.5. The first-order chi connectivity index (χ1) is 14.4. The maximum atomic E-state index is 4.72. The molecule has 2 aromatic rings. The van der Waals surface area contributed by atoms with Gasteiger partial charge < -0.3 is 0 Å². The van der Waals surface area contributed by atoms with Crippen LogP contribution in [0.5, 0.6) is 0 Å². The lowest BCUT2D eigenvalue weighted by Crippen LogP contribution is -2.52. The summed E-state index contributed by atoms with van der Waals surface area (Å²) in [4.78, 5) is 10.0. The minimum Gasteiger partial charge on any atom is -0.298 e. The summed E-state index contributed by atoms with van der Waals surface area (Å²) < 4.78 is 2.11. The first kappa shape index (κ1) is 19.1. The topological polar surface area (TPSA) is 63.0 Å². The molecule has 7 heteroatoms. The molecule has 0 amide bonds. The minimum atomic E-state index is 0.0419. The molecule has 3 fully saturated rings. The predicted octanol–water partition coefficient (Wildman–Crippen LogP) is 3.22. The summed E-state index contributed by atoms with van der Waals surface area (Å²) in [6.45, 7) is 4.38. The molecule has 156 valence electrons. The van der Waals surface area contributed by atoms with Crippen LogP contribution in [-0.2, 0) is 0 Å². The van der Waals surface area contributed by atoms with Crippen LogP contribution in [0.4, 0.5) is 0 Å². The van der Waals surface area contributed by atoms with Crippen molar-refractivity contribution in [2.24, 2.45) is 0 Å². The molecule has 1 unspecified atom stereocenters. The van der Waals surface area contributed by atoms with E-state index in [9.17, 15) is 0 Å². The van der Waals surface area contributed by atoms with Gasteiger partial charge in [-0.3, -0.25) is 14.8 Å². The normalized spacial score (nSPS) is 24.1. The molecule has 1 atom stereocenters. The number of nitrogens with zero attached hydrogens (tertiary/aromatic N) is 7. The van der Waals surface area contributed by atoms with Crippen molar-refractivity contribution in [2.75, 3.05) is 26.2 Å². The fourth-order valence-electron chi connectivity index (χ4n) is 5.62. The lowest BCUT2D eigenvalue weighted by Gasteiger charge is -2.42. The highest BCUT2D eigenvalue weighted by Crippen LogP contribution is 2.34. The molecule has 0 spiro atoms. The average Bonchev–Trinajstić information content (AvgIpc) is 3.48. The molecule has 3 heterocycles. The van der Waals surface area contributed by atoms with Crippen LogP contribution in [0.1, 0.15) is 81.4 Å². The van der Waals surface area contributed by atoms with Crippen molar-refractivity contribution in [1.82, 2.24) is 35.0 Å². The second-order valence-corrected chi connectivity index (χ2v) is 8.94. The van der Waals surface area contributed by atoms with Crippen molar-refractivity contribution in [1.29, 1.82) is 0 Å². The SMILES string of the molecule is c1ccc(C(c2nnnn2C2CCCC2)N2CCN(C3CCCCC3)CC2)nc1. The van der Waals surface area contributed by atoms with Gasteiger partial charge in [-0.05, 0) is 48.2 Å². The molecule has 5 rings (SSSR count). The van der Waals surface area contributed by atoms with Crippen molar-refractivity contribution in [2.45, 2.75) is 75.9 Å². The van der Waals surface area contributed by atoms with E-state index in [4.69, 9.17) is 4.98 Å². The third-order valence-corrected chi connectivity index (χ3v) is 7.21. The Balaban J connectivity index is 1.37. The molecule has 29 heavy (non-hydrogen) atoms. The van der Waals surface area contributed by atoms with Crippen molar-refractivity contribution < 1.29 is 0 Å². The Kier molecular flexibility index (Phi) is 5.85. The molecular formula is C22H33N7. The Morgan fingerprint density at radius 3 is 2.28 bits per heavy atom. The number of aromatic nitrogens is 5. The third kappa shape index (κ3) is 4.08. The van der Waals surface area contributed by atoms with Gasteiger partial charge in [0.1, 0.15) is 6.04 Å². The van der Waals surface area contributed by atoms with Crippen LogP contribution < -0.4 is 0 Å². The second kappa shape index (κ2) is 8.88. The van der Waals surface area contributed by atoms with E-state index in [1.54, 1.807) is 0 Å². The van der Waals surface area contributed by atoms with Crippen molar-refractivity contribution in [3.8, 4) is 0 Å². The summed E-state index contributed by atoms with van der Waals surface area (Å²) in [5.74, 6) is 0.974. The van der Waals surface area contributed by atoms with Crippen molar-refractivity contribution >= 4 is 0 Å². The molecule has 7 nitrogen and oxygen atoms in total. The van der Waals surface area contributed by atoms with E-state index in [1.807, 2.05) is 12.3 Å². The van der Waals surface area contributed by atoms with Gasteiger partial charge in [0.15, 0.2) is 5.82 Å². The first-order valence-corrected chi connectivity index (χ1v) is 11.6. The summed E-state index contributed by atoms with van der Waals surface area (Å²) in [6.07, 6.45) is 13.8. The van der Waals surface area contributed by atoms with Crippen LogP contribution in [0.2, 0.25) is 0 Å². The number of pyridine rings is 1. The summed E-state index contributed by atoms with van der Waals surface area (Å²) in [7, 11) is 0. The number of rotatable bonds is 5. The molecule has 1 saturated heterocycles. The summed E-state index contributed by atoms with van der Waals surface area (Å²) in [5.41, 5.74) is 1.06. The molecule has 0 bridgehead atoms. The molecule has 0 radical (unpaired) electrons. The van der Waals surface area contributed by atoms with Gasteiger partial charge in [0.05, 0.1) is 11.7 Å². The highest BCUT2D eigenvalue weighted by molar-refractivity contribution is 5.18. The molecule has 2 aliphatic carbocycles. The maximum Gasteiger partial charge on any atom is 0.174 e. The Labute approximate surface area is 173 Å². The van der Waals surface area contributed by atoms with Crippen molar-refractivity contribution in [3.63, 3.8) is 0 Å². The quantitative estimate of drug-likeness (QED) is 0.775. The van der Waals surface area contributed by atoms with Gasteiger partial charge in [0, 0.05) is 38.4 Å². The molecule has 2 saturated carbocycles. The smallest absolute Gasteiger partial charge is 0.174 e. The van der Waals surface area contributed by atoms with Gasteiger partial charge in [-0.25, -0.2) is 4.68 Å². The van der Waals surface area contributed by atoms with Gasteiger partial charge >= 0.3 is 0 Å².